The summed E-state index contributed by atoms with van der Waals surface area (Å²) in [4.78, 5) is 35.6. The first-order valence-electron chi connectivity index (χ1n) is 13.9. The van der Waals surface area contributed by atoms with Crippen molar-refractivity contribution < 1.29 is 29.3 Å². The third kappa shape index (κ3) is 12.7. The molecule has 39 heavy (non-hydrogen) atoms. The first-order valence-corrected chi connectivity index (χ1v) is 14.9. The Hall–Kier alpha value is -2.84. The molecule has 0 fully saturated rings. The number of carboxylic acid groups (broad SMARTS) is 1. The molecule has 3 N–H and O–H groups in total. The maximum atomic E-state index is 12.0. The summed E-state index contributed by atoms with van der Waals surface area (Å²) in [5, 5.41) is 23.3. The number of aliphatic hydroxyl groups is 1. The molecule has 0 heterocycles. The number of carbonyl (C=O) groups is 3. The fourth-order valence-electron chi connectivity index (χ4n) is 4.60. The van der Waals surface area contributed by atoms with Gasteiger partial charge in [-0.15, -0.1) is 11.8 Å². The molecule has 0 spiro atoms. The molecule has 0 aliphatic rings. The van der Waals surface area contributed by atoms with E-state index in [4.69, 9.17) is 0 Å². The van der Waals surface area contributed by atoms with Crippen LogP contribution in [-0.4, -0.2) is 47.0 Å². The van der Waals surface area contributed by atoms with Crippen LogP contribution in [0.1, 0.15) is 88.2 Å². The van der Waals surface area contributed by atoms with Crippen molar-refractivity contribution in [1.82, 2.24) is 0 Å². The number of hydrogen-bond acceptors (Lipinski definition) is 6. The van der Waals surface area contributed by atoms with Crippen LogP contribution in [0.4, 0.5) is 5.69 Å². The van der Waals surface area contributed by atoms with Crippen LogP contribution in [-0.2, 0) is 25.5 Å². The van der Waals surface area contributed by atoms with Gasteiger partial charge in [-0.1, -0.05) is 75.8 Å². The molecule has 0 aromatic heterocycles. The molecule has 0 aliphatic heterocycles. The Labute approximate surface area is 236 Å². The Morgan fingerprint density at radius 1 is 0.974 bits per heavy atom. The molecule has 1 amide bonds. The normalized spacial score (nSPS) is 12.5. The van der Waals surface area contributed by atoms with Crippen molar-refractivity contribution in [2.45, 2.75) is 94.5 Å². The summed E-state index contributed by atoms with van der Waals surface area (Å²) in [6.07, 6.45) is 8.71. The predicted octanol–water partition coefficient (Wildman–Crippen LogP) is 6.58. The lowest BCUT2D eigenvalue weighted by atomic mass is 9.85. The second-order valence-corrected chi connectivity index (χ2v) is 10.9. The van der Waals surface area contributed by atoms with E-state index >= 15 is 0 Å². The summed E-state index contributed by atoms with van der Waals surface area (Å²) < 4.78 is 4.53. The molecule has 2 aromatic carbocycles. The van der Waals surface area contributed by atoms with E-state index in [1.165, 1.54) is 63.0 Å². The minimum atomic E-state index is -0.875. The predicted molar refractivity (Wildman–Crippen MR) is 156 cm³/mol. The maximum absolute atomic E-state index is 12.0. The highest BCUT2D eigenvalue weighted by Crippen LogP contribution is 2.33. The lowest BCUT2D eigenvalue weighted by Crippen LogP contribution is -2.23. The van der Waals surface area contributed by atoms with E-state index in [9.17, 15) is 24.6 Å². The Morgan fingerprint density at radius 3 is 2.41 bits per heavy atom. The second-order valence-electron chi connectivity index (χ2n) is 9.82. The van der Waals surface area contributed by atoms with E-state index in [-0.39, 0.29) is 18.8 Å². The van der Waals surface area contributed by atoms with E-state index in [0.29, 0.717) is 17.9 Å². The molecule has 0 aliphatic carbocycles. The van der Waals surface area contributed by atoms with Gasteiger partial charge >= 0.3 is 11.9 Å². The molecule has 2 atom stereocenters. The van der Waals surface area contributed by atoms with Gasteiger partial charge in [0.05, 0.1) is 13.2 Å². The van der Waals surface area contributed by atoms with Gasteiger partial charge in [0.25, 0.3) is 0 Å². The number of rotatable bonds is 19. The van der Waals surface area contributed by atoms with Gasteiger partial charge in [-0.25, -0.2) is 0 Å². The highest BCUT2D eigenvalue weighted by atomic mass is 32.2. The van der Waals surface area contributed by atoms with Crippen molar-refractivity contribution in [3.63, 3.8) is 0 Å². The summed E-state index contributed by atoms with van der Waals surface area (Å²) in [6, 6.07) is 15.3. The van der Waals surface area contributed by atoms with Crippen LogP contribution >= 0.6 is 11.8 Å². The summed E-state index contributed by atoms with van der Waals surface area (Å²) >= 11 is 1.44. The van der Waals surface area contributed by atoms with Gasteiger partial charge in [-0.2, -0.15) is 0 Å². The van der Waals surface area contributed by atoms with Gasteiger partial charge in [0.1, 0.15) is 6.42 Å². The topological polar surface area (TPSA) is 113 Å². The zero-order chi connectivity index (χ0) is 28.5. The molecule has 0 saturated heterocycles. The Morgan fingerprint density at radius 2 is 1.69 bits per heavy atom. The molecular formula is C31H43NO6S. The summed E-state index contributed by atoms with van der Waals surface area (Å²) in [5.41, 5.74) is 2.76. The zero-order valence-corrected chi connectivity index (χ0v) is 24.0. The monoisotopic (exact) mass is 557 g/mol. The van der Waals surface area contributed by atoms with Gasteiger partial charge in [0.15, 0.2) is 0 Å². The largest absolute Gasteiger partial charge is 0.481 e. The minimum Gasteiger partial charge on any atom is -0.481 e. The number of aryl methyl sites for hydroxylation is 1. The van der Waals surface area contributed by atoms with Crippen molar-refractivity contribution in [3.8, 4) is 0 Å². The summed E-state index contributed by atoms with van der Waals surface area (Å²) in [6.45, 7) is 2.22. The Kier molecular flexibility index (Phi) is 15.3. The van der Waals surface area contributed by atoms with Crippen molar-refractivity contribution in [2.75, 3.05) is 18.2 Å². The number of anilines is 1. The van der Waals surface area contributed by atoms with Crippen LogP contribution in [0, 0.1) is 0 Å². The number of esters is 1. The number of hydrogen-bond donors (Lipinski definition) is 3. The van der Waals surface area contributed by atoms with Gasteiger partial charge < -0.3 is 20.3 Å². The number of nitrogens with one attached hydrogen (secondary N) is 1. The van der Waals surface area contributed by atoms with E-state index in [1.807, 2.05) is 24.3 Å². The Balaban J connectivity index is 2.04. The second kappa shape index (κ2) is 18.4. The van der Waals surface area contributed by atoms with Crippen LogP contribution < -0.4 is 5.32 Å². The first kappa shape index (κ1) is 32.4. The quantitative estimate of drug-likeness (QED) is 0.0773. The van der Waals surface area contributed by atoms with E-state index in [1.54, 1.807) is 18.2 Å². The third-order valence-corrected chi connectivity index (χ3v) is 7.80. The maximum Gasteiger partial charge on any atom is 0.315 e. The van der Waals surface area contributed by atoms with Crippen LogP contribution in [0.3, 0.4) is 0 Å². The van der Waals surface area contributed by atoms with Crippen molar-refractivity contribution >= 4 is 35.3 Å². The number of benzene rings is 2. The standard InChI is InChI=1S/C31H43NO6S/c1-3-4-5-6-7-8-9-13-23-14-10-11-17-26(23)27(18-19-30(35)36)28(33)22-39-25-16-12-15-24(20-25)32-29(34)21-31(37)38-2/h10-12,14-17,20,27-28,33H,3-9,13,18-19,21-22H2,1-2H3,(H,32,34)(H,35,36). The minimum absolute atomic E-state index is 0.0140. The molecule has 214 valence electrons. The van der Waals surface area contributed by atoms with Crippen molar-refractivity contribution in [2.24, 2.45) is 0 Å². The number of unbranched alkanes of at least 4 members (excludes halogenated alkanes) is 6. The molecule has 0 bridgehead atoms. The number of methoxy groups -OCH3 is 1. The Bertz CT molecular complexity index is 1040. The molecule has 8 heteroatoms. The van der Waals surface area contributed by atoms with Gasteiger partial charge in [0, 0.05) is 28.7 Å². The highest BCUT2D eigenvalue weighted by molar-refractivity contribution is 7.99. The molecule has 2 aromatic rings. The molecular weight excluding hydrogens is 514 g/mol. The number of carbonyl (C=O) groups excluding carboxylic acids is 2. The number of amides is 1. The van der Waals surface area contributed by atoms with Crippen molar-refractivity contribution in [1.29, 1.82) is 0 Å². The lowest BCUT2D eigenvalue weighted by Gasteiger charge is -2.25. The summed E-state index contributed by atoms with van der Waals surface area (Å²) in [5.74, 6) is -1.87. The molecule has 2 unspecified atom stereocenters. The number of thioether (sulfide) groups is 1. The lowest BCUT2D eigenvalue weighted by molar-refractivity contribution is -0.143. The van der Waals surface area contributed by atoms with Crippen LogP contribution in [0.25, 0.3) is 0 Å². The number of carboxylic acids is 1. The van der Waals surface area contributed by atoms with E-state index in [0.717, 1.165) is 23.3 Å². The number of aliphatic carboxylic acids is 1. The van der Waals surface area contributed by atoms with Gasteiger partial charge in [-0.05, 0) is 48.6 Å². The highest BCUT2D eigenvalue weighted by Gasteiger charge is 2.24. The number of aliphatic hydroxyl groups excluding tert-OH is 1. The fraction of sp³-hybridized carbons (Fsp3) is 0.516. The number of ether oxygens (including phenoxy) is 1. The summed E-state index contributed by atoms with van der Waals surface area (Å²) in [7, 11) is 1.23. The van der Waals surface area contributed by atoms with Crippen molar-refractivity contribution in [3.05, 3.63) is 59.7 Å². The molecule has 0 saturated carbocycles. The smallest absolute Gasteiger partial charge is 0.315 e. The average molecular weight is 558 g/mol. The van der Waals surface area contributed by atoms with E-state index < -0.39 is 23.9 Å². The molecule has 0 radical (unpaired) electrons. The van der Waals surface area contributed by atoms with Crippen LogP contribution in [0.5, 0.6) is 0 Å². The molecule has 2 rings (SSSR count). The van der Waals surface area contributed by atoms with Gasteiger partial charge in [0.2, 0.25) is 5.91 Å². The fourth-order valence-corrected chi connectivity index (χ4v) is 5.58. The zero-order valence-electron chi connectivity index (χ0n) is 23.2. The third-order valence-electron chi connectivity index (χ3n) is 6.71. The first-order chi connectivity index (χ1) is 18.8. The van der Waals surface area contributed by atoms with Crippen LogP contribution in [0.2, 0.25) is 0 Å². The van der Waals surface area contributed by atoms with E-state index in [2.05, 4.69) is 23.0 Å². The SMILES string of the molecule is CCCCCCCCCc1ccccc1C(CCC(=O)O)C(O)CSc1cccc(NC(=O)CC(=O)OC)c1. The van der Waals surface area contributed by atoms with Crippen LogP contribution in [0.15, 0.2) is 53.4 Å². The van der Waals surface area contributed by atoms with Gasteiger partial charge in [-0.3, -0.25) is 14.4 Å². The average Bonchev–Trinajstić information content (AvgIpc) is 2.92. The molecule has 7 nitrogen and oxygen atoms in total.